The molecule has 0 radical (unpaired) electrons. The molecule has 7 heteroatoms. The van der Waals surface area contributed by atoms with E-state index in [1.165, 1.54) is 54.4 Å². The van der Waals surface area contributed by atoms with Crippen molar-refractivity contribution >= 4 is 44.9 Å². The molecule has 0 aliphatic heterocycles. The molecular weight excluding hydrogens is 486 g/mol. The van der Waals surface area contributed by atoms with Crippen LogP contribution in [0.3, 0.4) is 0 Å². The van der Waals surface area contributed by atoms with Gasteiger partial charge in [-0.1, -0.05) is 18.7 Å². The van der Waals surface area contributed by atoms with E-state index in [2.05, 4.69) is 19.2 Å². The number of anilines is 1. The molecule has 4 fully saturated rings. The molecule has 2 aromatic heterocycles. The van der Waals surface area contributed by atoms with E-state index in [1.54, 1.807) is 23.1 Å². The number of amides is 1. The second-order valence-corrected chi connectivity index (χ2v) is 13.2. The highest BCUT2D eigenvalue weighted by Gasteiger charge is 2.53. The number of rotatable bonds is 8. The van der Waals surface area contributed by atoms with Crippen molar-refractivity contribution in [3.63, 3.8) is 0 Å². The second-order valence-electron chi connectivity index (χ2n) is 11.0. The summed E-state index contributed by atoms with van der Waals surface area (Å²) in [5.74, 6) is 4.74. The number of carbonyl (C=O) groups is 1. The van der Waals surface area contributed by atoms with Gasteiger partial charge in [-0.3, -0.25) is 4.79 Å². The van der Waals surface area contributed by atoms with Gasteiger partial charge in [0, 0.05) is 21.4 Å². The van der Waals surface area contributed by atoms with Crippen LogP contribution in [0.4, 0.5) is 5.69 Å². The quantitative estimate of drug-likeness (QED) is 0.252. The van der Waals surface area contributed by atoms with Crippen LogP contribution in [0.5, 0.6) is 5.75 Å². The van der Waals surface area contributed by atoms with Gasteiger partial charge >= 0.3 is 0 Å². The fourth-order valence-electron chi connectivity index (χ4n) is 7.42. The summed E-state index contributed by atoms with van der Waals surface area (Å²) in [7, 11) is 0. The van der Waals surface area contributed by atoms with Gasteiger partial charge in [-0.2, -0.15) is 0 Å². The van der Waals surface area contributed by atoms with Gasteiger partial charge < -0.3 is 10.1 Å². The number of benzene rings is 1. The van der Waals surface area contributed by atoms with Gasteiger partial charge in [0.15, 0.2) is 0 Å². The summed E-state index contributed by atoms with van der Waals surface area (Å²) in [6, 6.07) is 7.55. The van der Waals surface area contributed by atoms with Crippen LogP contribution in [0, 0.1) is 24.7 Å². The summed E-state index contributed by atoms with van der Waals surface area (Å²) in [5, 5.41) is 5.20. The molecule has 190 valence electrons. The number of aromatic nitrogens is 2. The van der Waals surface area contributed by atoms with Crippen LogP contribution in [0.25, 0.3) is 10.2 Å². The van der Waals surface area contributed by atoms with E-state index in [1.807, 2.05) is 31.2 Å². The number of carbonyl (C=O) groups excluding carboxylic acids is 1. The van der Waals surface area contributed by atoms with E-state index >= 15 is 0 Å². The summed E-state index contributed by atoms with van der Waals surface area (Å²) < 4.78 is 5.50. The molecule has 4 bridgehead atoms. The first-order chi connectivity index (χ1) is 17.5. The van der Waals surface area contributed by atoms with Crippen molar-refractivity contribution in [3.8, 4) is 5.75 Å². The molecule has 4 saturated carbocycles. The van der Waals surface area contributed by atoms with E-state index in [0.29, 0.717) is 12.4 Å². The predicted octanol–water partition coefficient (Wildman–Crippen LogP) is 7.16. The summed E-state index contributed by atoms with van der Waals surface area (Å²) in [4.78, 5) is 25.9. The Morgan fingerprint density at radius 1 is 1.08 bits per heavy atom. The number of hydrogen-bond acceptors (Lipinski definition) is 6. The van der Waals surface area contributed by atoms with Crippen molar-refractivity contribution in [2.24, 2.45) is 17.8 Å². The van der Waals surface area contributed by atoms with Gasteiger partial charge in [-0.05, 0) is 106 Å². The molecule has 1 aromatic carbocycles. The largest absolute Gasteiger partial charge is 0.494 e. The van der Waals surface area contributed by atoms with Gasteiger partial charge in [0.05, 0.1) is 12.4 Å². The Bertz CT molecular complexity index is 1250. The lowest BCUT2D eigenvalue weighted by atomic mass is 9.49. The van der Waals surface area contributed by atoms with Crippen molar-refractivity contribution in [2.45, 2.75) is 76.2 Å². The third-order valence-electron chi connectivity index (χ3n) is 8.47. The Morgan fingerprint density at radius 3 is 2.36 bits per heavy atom. The fourth-order valence-corrected chi connectivity index (χ4v) is 9.45. The van der Waals surface area contributed by atoms with E-state index in [9.17, 15) is 4.79 Å². The molecule has 36 heavy (non-hydrogen) atoms. The van der Waals surface area contributed by atoms with E-state index in [0.717, 1.165) is 51.3 Å². The number of nitrogens with zero attached hydrogens (tertiary/aromatic N) is 2. The third-order valence-corrected chi connectivity index (χ3v) is 10.5. The average Bonchev–Trinajstić information content (AvgIpc) is 3.18. The minimum atomic E-state index is -0.0164. The van der Waals surface area contributed by atoms with Crippen LogP contribution in [0.1, 0.15) is 68.6 Å². The van der Waals surface area contributed by atoms with Crippen LogP contribution < -0.4 is 10.1 Å². The molecule has 3 aromatic rings. The Balaban J connectivity index is 1.27. The number of aryl methyl sites for hydroxylation is 2. The number of fused-ring (bicyclic) bond motifs is 1. The average molecular weight is 522 g/mol. The van der Waals surface area contributed by atoms with E-state index in [-0.39, 0.29) is 11.3 Å². The van der Waals surface area contributed by atoms with E-state index < -0.39 is 0 Å². The first-order valence-corrected chi connectivity index (χ1v) is 15.2. The minimum absolute atomic E-state index is 0.0164. The first kappa shape index (κ1) is 24.2. The zero-order chi connectivity index (χ0) is 24.9. The van der Waals surface area contributed by atoms with Crippen molar-refractivity contribution in [2.75, 3.05) is 17.7 Å². The predicted molar refractivity (Wildman–Crippen MR) is 148 cm³/mol. The van der Waals surface area contributed by atoms with Gasteiger partial charge in [0.1, 0.15) is 21.4 Å². The number of thioether (sulfide) groups is 1. The zero-order valence-electron chi connectivity index (χ0n) is 21.4. The lowest BCUT2D eigenvalue weighted by Gasteiger charge is -2.56. The molecule has 4 aliphatic carbocycles. The smallest absolute Gasteiger partial charge is 0.234 e. The number of nitrogens with one attached hydrogen (secondary N) is 1. The maximum absolute atomic E-state index is 12.9. The number of hydrogen-bond donors (Lipinski definition) is 1. The SMILES string of the molecule is CCOc1ccc(NC(=O)CSc2nc(C34CC5CC(CC(C5)C3)C4)nc3sc(C)c(CC)c23)cc1. The van der Waals surface area contributed by atoms with Crippen LogP contribution in [-0.2, 0) is 16.6 Å². The van der Waals surface area contributed by atoms with Crippen molar-refractivity contribution in [1.82, 2.24) is 9.97 Å². The minimum Gasteiger partial charge on any atom is -0.494 e. The highest BCUT2D eigenvalue weighted by atomic mass is 32.2. The Labute approximate surface area is 221 Å². The highest BCUT2D eigenvalue weighted by Crippen LogP contribution is 2.60. The maximum Gasteiger partial charge on any atom is 0.234 e. The normalized spacial score (nSPS) is 26.5. The topological polar surface area (TPSA) is 64.1 Å². The summed E-state index contributed by atoms with van der Waals surface area (Å²) in [5.41, 5.74) is 2.26. The van der Waals surface area contributed by atoms with Crippen molar-refractivity contribution in [3.05, 3.63) is 40.5 Å². The standard InChI is InChI=1S/C29H35N3O2S2/c1-4-23-17(3)36-27-25(23)26(35-16-24(33)30-21-6-8-22(9-7-21)34-5-2)31-28(32-27)29-13-18-10-19(14-29)12-20(11-18)15-29/h6-9,18-20H,4-5,10-16H2,1-3H3,(H,30,33). The molecule has 0 spiro atoms. The molecular formula is C29H35N3O2S2. The zero-order valence-corrected chi connectivity index (χ0v) is 23.1. The molecule has 7 rings (SSSR count). The van der Waals surface area contributed by atoms with Crippen LogP contribution >= 0.6 is 23.1 Å². The molecule has 5 nitrogen and oxygen atoms in total. The van der Waals surface area contributed by atoms with E-state index in [4.69, 9.17) is 14.7 Å². The fraction of sp³-hybridized carbons (Fsp3) is 0.552. The van der Waals surface area contributed by atoms with Crippen molar-refractivity contribution < 1.29 is 9.53 Å². The molecule has 0 atom stereocenters. The molecule has 1 N–H and O–H groups in total. The molecule has 2 heterocycles. The lowest BCUT2D eigenvalue weighted by Crippen LogP contribution is -2.49. The number of ether oxygens (including phenoxy) is 1. The number of thiophene rings is 1. The van der Waals surface area contributed by atoms with Crippen LogP contribution in [0.2, 0.25) is 0 Å². The lowest BCUT2D eigenvalue weighted by molar-refractivity contribution is -0.113. The van der Waals surface area contributed by atoms with Gasteiger partial charge in [-0.25, -0.2) is 9.97 Å². The van der Waals surface area contributed by atoms with Gasteiger partial charge in [0.2, 0.25) is 5.91 Å². The summed E-state index contributed by atoms with van der Waals surface area (Å²) in [6.45, 7) is 6.99. The molecule has 0 saturated heterocycles. The third kappa shape index (κ3) is 4.43. The monoisotopic (exact) mass is 521 g/mol. The summed E-state index contributed by atoms with van der Waals surface area (Å²) in [6.07, 6.45) is 8.93. The van der Waals surface area contributed by atoms with Gasteiger partial charge in [0.25, 0.3) is 0 Å². The van der Waals surface area contributed by atoms with Crippen LogP contribution in [0.15, 0.2) is 29.3 Å². The first-order valence-electron chi connectivity index (χ1n) is 13.4. The highest BCUT2D eigenvalue weighted by molar-refractivity contribution is 8.00. The van der Waals surface area contributed by atoms with Crippen LogP contribution in [-0.4, -0.2) is 28.2 Å². The Hall–Kier alpha value is -2.12. The molecule has 1 amide bonds. The second kappa shape index (κ2) is 9.64. The summed E-state index contributed by atoms with van der Waals surface area (Å²) >= 11 is 3.37. The molecule has 4 aliphatic rings. The Morgan fingerprint density at radius 2 is 1.75 bits per heavy atom. The van der Waals surface area contributed by atoms with Gasteiger partial charge in [-0.15, -0.1) is 11.3 Å². The maximum atomic E-state index is 12.9. The Kier molecular flexibility index (Phi) is 6.49. The molecule has 0 unspecified atom stereocenters. The van der Waals surface area contributed by atoms with Crippen molar-refractivity contribution in [1.29, 1.82) is 0 Å².